The molecule has 2 aromatic heterocycles. The van der Waals surface area contributed by atoms with Crippen molar-refractivity contribution in [2.24, 2.45) is 0 Å². The van der Waals surface area contributed by atoms with Crippen molar-refractivity contribution in [3.8, 4) is 34.0 Å². The number of rotatable bonds is 7. The van der Waals surface area contributed by atoms with Gasteiger partial charge in [-0.2, -0.15) is 5.10 Å². The summed E-state index contributed by atoms with van der Waals surface area (Å²) in [6, 6.07) is 16.2. The molecule has 10 nitrogen and oxygen atoms in total. The van der Waals surface area contributed by atoms with Crippen LogP contribution in [0.15, 0.2) is 59.5 Å². The number of ether oxygens (including phenoxy) is 2. The van der Waals surface area contributed by atoms with Gasteiger partial charge in [0.15, 0.2) is 27.0 Å². The van der Waals surface area contributed by atoms with Crippen LogP contribution >= 0.6 is 0 Å². The molecule has 1 fully saturated rings. The lowest BCUT2D eigenvalue weighted by Crippen LogP contribution is -2.41. The molecule has 1 amide bonds. The smallest absolute Gasteiger partial charge is 0.407 e. The molecule has 4 aromatic rings. The van der Waals surface area contributed by atoms with E-state index in [2.05, 4.69) is 4.98 Å². The van der Waals surface area contributed by atoms with Crippen molar-refractivity contribution in [2.45, 2.75) is 37.7 Å². The highest BCUT2D eigenvalue weighted by atomic mass is 32.2. The number of carbonyl (C=O) groups is 1. The Morgan fingerprint density at radius 3 is 2.36 bits per heavy atom. The summed E-state index contributed by atoms with van der Waals surface area (Å²) in [7, 11) is -1.71. The summed E-state index contributed by atoms with van der Waals surface area (Å²) in [5, 5.41) is 14.0. The molecule has 0 atom stereocenters. The number of carboxylic acid groups (broad SMARTS) is 1. The molecular formula is C28H30N4O6S. The summed E-state index contributed by atoms with van der Waals surface area (Å²) < 4.78 is 38.0. The van der Waals surface area contributed by atoms with Gasteiger partial charge in [0.25, 0.3) is 0 Å². The number of imidazole rings is 1. The highest BCUT2D eigenvalue weighted by Crippen LogP contribution is 2.34. The Balaban J connectivity index is 1.43. The molecule has 204 valence electrons. The average Bonchev–Trinajstić information content (AvgIpc) is 3.28. The van der Waals surface area contributed by atoms with Crippen molar-refractivity contribution in [2.75, 3.05) is 26.0 Å². The molecule has 1 N–H and O–H groups in total. The van der Waals surface area contributed by atoms with E-state index >= 15 is 0 Å². The number of sulfone groups is 1. The monoisotopic (exact) mass is 550 g/mol. The first-order valence-corrected chi connectivity index (χ1v) is 14.4. The van der Waals surface area contributed by atoms with Gasteiger partial charge in [-0.05, 0) is 49.4 Å². The highest BCUT2D eigenvalue weighted by Gasteiger charge is 2.24. The summed E-state index contributed by atoms with van der Waals surface area (Å²) in [6.45, 7) is 4.40. The summed E-state index contributed by atoms with van der Waals surface area (Å²) >= 11 is 0. The molecule has 0 spiro atoms. The van der Waals surface area contributed by atoms with Crippen LogP contribution in [0.1, 0.15) is 25.5 Å². The van der Waals surface area contributed by atoms with Gasteiger partial charge in [0.05, 0.1) is 34.8 Å². The first kappa shape index (κ1) is 26.5. The van der Waals surface area contributed by atoms with E-state index in [1.54, 1.807) is 42.8 Å². The van der Waals surface area contributed by atoms with Crippen LogP contribution in [0, 0.1) is 6.92 Å². The molecule has 0 unspecified atom stereocenters. The number of piperidine rings is 1. The van der Waals surface area contributed by atoms with Crippen molar-refractivity contribution < 1.29 is 27.8 Å². The van der Waals surface area contributed by atoms with Crippen molar-refractivity contribution in [3.05, 3.63) is 60.3 Å². The van der Waals surface area contributed by atoms with E-state index in [0.717, 1.165) is 22.5 Å². The number of likely N-dealkylation sites (tertiary alicyclic amines) is 1. The van der Waals surface area contributed by atoms with Gasteiger partial charge in [0.1, 0.15) is 6.10 Å². The molecule has 3 heterocycles. The molecule has 1 aliphatic rings. The van der Waals surface area contributed by atoms with Crippen LogP contribution in [0.3, 0.4) is 0 Å². The van der Waals surface area contributed by atoms with Crippen LogP contribution in [0.5, 0.6) is 11.5 Å². The maximum Gasteiger partial charge on any atom is 0.407 e. The molecule has 2 aromatic carbocycles. The predicted molar refractivity (Wildman–Crippen MR) is 146 cm³/mol. The van der Waals surface area contributed by atoms with Crippen LogP contribution in [-0.4, -0.2) is 71.2 Å². The Kier molecular flexibility index (Phi) is 7.17. The van der Waals surface area contributed by atoms with Crippen LogP contribution in [-0.2, 0) is 9.84 Å². The fourth-order valence-corrected chi connectivity index (χ4v) is 5.67. The second kappa shape index (κ2) is 10.6. The van der Waals surface area contributed by atoms with E-state index in [1.807, 2.05) is 37.3 Å². The Morgan fingerprint density at radius 2 is 1.72 bits per heavy atom. The number of hydrogen-bond donors (Lipinski definition) is 1. The quantitative estimate of drug-likeness (QED) is 0.351. The highest BCUT2D eigenvalue weighted by molar-refractivity contribution is 7.91. The molecule has 0 radical (unpaired) electrons. The van der Waals surface area contributed by atoms with Crippen LogP contribution in [0.25, 0.3) is 28.2 Å². The molecule has 11 heteroatoms. The molecule has 5 rings (SSSR count). The van der Waals surface area contributed by atoms with E-state index in [4.69, 9.17) is 19.7 Å². The number of hydrogen-bond acceptors (Lipinski definition) is 7. The van der Waals surface area contributed by atoms with Gasteiger partial charge in [0, 0.05) is 37.1 Å². The fraction of sp³-hybridized carbons (Fsp3) is 0.321. The second-order valence-electron chi connectivity index (χ2n) is 9.41. The molecule has 0 saturated carbocycles. The minimum absolute atomic E-state index is 0.0448. The van der Waals surface area contributed by atoms with E-state index in [9.17, 15) is 13.2 Å². The third-order valence-corrected chi connectivity index (χ3v) is 8.73. The van der Waals surface area contributed by atoms with Crippen molar-refractivity contribution in [1.29, 1.82) is 0 Å². The second-order valence-corrected chi connectivity index (χ2v) is 11.7. The molecular weight excluding hydrogens is 520 g/mol. The summed E-state index contributed by atoms with van der Waals surface area (Å²) in [4.78, 5) is 17.5. The zero-order chi connectivity index (χ0) is 27.7. The Bertz CT molecular complexity index is 1620. The van der Waals surface area contributed by atoms with Crippen molar-refractivity contribution >= 4 is 21.6 Å². The van der Waals surface area contributed by atoms with Gasteiger partial charge in [-0.1, -0.05) is 19.1 Å². The lowest BCUT2D eigenvalue weighted by atomic mass is 10.1. The molecule has 1 aliphatic heterocycles. The third kappa shape index (κ3) is 5.26. The normalized spacial score (nSPS) is 14.5. The predicted octanol–water partition coefficient (Wildman–Crippen LogP) is 4.70. The Hall–Kier alpha value is -4.12. The first-order chi connectivity index (χ1) is 18.7. The van der Waals surface area contributed by atoms with Crippen LogP contribution in [0.2, 0.25) is 0 Å². The number of aryl methyl sites for hydroxylation is 1. The molecule has 0 aliphatic carbocycles. The number of amides is 1. The van der Waals surface area contributed by atoms with Gasteiger partial charge in [-0.25, -0.2) is 22.7 Å². The van der Waals surface area contributed by atoms with Crippen molar-refractivity contribution in [1.82, 2.24) is 19.5 Å². The number of benzene rings is 2. The zero-order valence-corrected chi connectivity index (χ0v) is 22.8. The number of aromatic nitrogens is 3. The summed E-state index contributed by atoms with van der Waals surface area (Å²) in [5.74, 6) is 1.20. The minimum Gasteiger partial charge on any atom is -0.493 e. The minimum atomic E-state index is -3.29. The third-order valence-electron chi connectivity index (χ3n) is 6.98. The van der Waals surface area contributed by atoms with Crippen LogP contribution in [0.4, 0.5) is 4.79 Å². The Labute approximate surface area is 226 Å². The van der Waals surface area contributed by atoms with E-state index < -0.39 is 15.9 Å². The maximum atomic E-state index is 12.2. The zero-order valence-electron chi connectivity index (χ0n) is 22.0. The van der Waals surface area contributed by atoms with Gasteiger partial charge in [-0.15, -0.1) is 0 Å². The molecule has 0 bridgehead atoms. The summed E-state index contributed by atoms with van der Waals surface area (Å²) in [5.41, 5.74) is 4.58. The SMILES string of the molecule is CCS(=O)(=O)c1ccc(-c2c(C)nc3ccc(-c4ccc(OC5CCN(C(=O)O)CC5)c(OC)c4)nn23)cc1. The standard InChI is InChI=1S/C28H30N4O6S/c1-4-39(35,36)22-8-5-19(6-9-22)27-18(2)29-26-12-10-23(30-32(26)27)20-7-11-24(25(17-20)37-3)38-21-13-15-31(16-14-21)28(33)34/h5-12,17,21H,4,13-16H2,1-3H3,(H,33,34). The van der Waals surface area contributed by atoms with Crippen LogP contribution < -0.4 is 9.47 Å². The van der Waals surface area contributed by atoms with Gasteiger partial charge in [0.2, 0.25) is 0 Å². The largest absolute Gasteiger partial charge is 0.493 e. The molecule has 39 heavy (non-hydrogen) atoms. The van der Waals surface area contributed by atoms with E-state index in [-0.39, 0.29) is 16.8 Å². The Morgan fingerprint density at radius 1 is 1.03 bits per heavy atom. The summed E-state index contributed by atoms with van der Waals surface area (Å²) in [6.07, 6.45) is 0.232. The van der Waals surface area contributed by atoms with E-state index in [1.165, 1.54) is 4.90 Å². The average molecular weight is 551 g/mol. The lowest BCUT2D eigenvalue weighted by molar-refractivity contribution is 0.0878. The topological polar surface area (TPSA) is 123 Å². The maximum absolute atomic E-state index is 12.2. The van der Waals surface area contributed by atoms with E-state index in [0.29, 0.717) is 48.8 Å². The van der Waals surface area contributed by atoms with Gasteiger partial charge in [-0.3, -0.25) is 0 Å². The first-order valence-electron chi connectivity index (χ1n) is 12.7. The number of nitrogens with zero attached hydrogens (tertiary/aromatic N) is 4. The molecule has 1 saturated heterocycles. The van der Waals surface area contributed by atoms with Gasteiger partial charge < -0.3 is 19.5 Å². The van der Waals surface area contributed by atoms with Gasteiger partial charge >= 0.3 is 6.09 Å². The lowest BCUT2D eigenvalue weighted by Gasteiger charge is -2.30. The van der Waals surface area contributed by atoms with Crippen molar-refractivity contribution in [3.63, 3.8) is 0 Å². The number of methoxy groups -OCH3 is 1. The number of fused-ring (bicyclic) bond motifs is 1. The fourth-order valence-electron chi connectivity index (χ4n) is 4.78.